The molecule has 1 atom stereocenters. The van der Waals surface area contributed by atoms with Crippen LogP contribution in [0.2, 0.25) is 0 Å². The molecule has 1 aliphatic heterocycles. The van der Waals surface area contributed by atoms with Crippen LogP contribution in [0.15, 0.2) is 42.9 Å². The van der Waals surface area contributed by atoms with Gasteiger partial charge in [0, 0.05) is 24.5 Å². The molecule has 3 heterocycles. The molecule has 1 aliphatic rings. The van der Waals surface area contributed by atoms with Crippen LogP contribution in [0.4, 0.5) is 0 Å². The third kappa shape index (κ3) is 3.45. The summed E-state index contributed by atoms with van der Waals surface area (Å²) in [6.45, 7) is 1.75. The number of hydrogen-bond donors (Lipinski definition) is 1. The van der Waals surface area contributed by atoms with Gasteiger partial charge in [-0.25, -0.2) is 4.98 Å². The lowest BCUT2D eigenvalue weighted by molar-refractivity contribution is 0.267. The zero-order valence-corrected chi connectivity index (χ0v) is 11.2. The van der Waals surface area contributed by atoms with Gasteiger partial charge in [0.05, 0.1) is 6.20 Å². The van der Waals surface area contributed by atoms with Crippen molar-refractivity contribution in [2.45, 2.75) is 18.9 Å². The third-order valence-corrected chi connectivity index (χ3v) is 3.19. The molecule has 0 bridgehead atoms. The lowest BCUT2D eigenvalue weighted by Gasteiger charge is -2.11. The number of nitrogens with zero attached hydrogens (tertiary/aromatic N) is 2. The Morgan fingerprint density at radius 2 is 2.05 bits per heavy atom. The van der Waals surface area contributed by atoms with Crippen molar-refractivity contribution in [2.24, 2.45) is 0 Å². The Hall–Kier alpha value is -2.14. The van der Waals surface area contributed by atoms with Crippen molar-refractivity contribution in [3.8, 4) is 17.4 Å². The van der Waals surface area contributed by atoms with Crippen LogP contribution in [0.25, 0.3) is 0 Å². The second-order valence-corrected chi connectivity index (χ2v) is 4.72. The molecule has 0 radical (unpaired) electrons. The second-order valence-electron chi connectivity index (χ2n) is 4.72. The Morgan fingerprint density at radius 1 is 1.15 bits per heavy atom. The van der Waals surface area contributed by atoms with Crippen molar-refractivity contribution in [3.63, 3.8) is 0 Å². The zero-order valence-electron chi connectivity index (χ0n) is 11.2. The summed E-state index contributed by atoms with van der Waals surface area (Å²) in [6, 6.07) is 7.73. The molecule has 5 nitrogen and oxygen atoms in total. The molecule has 1 saturated heterocycles. The number of ether oxygens (including phenoxy) is 2. The van der Waals surface area contributed by atoms with Crippen LogP contribution in [-0.2, 0) is 0 Å². The fraction of sp³-hybridized carbons (Fsp3) is 0.333. The second kappa shape index (κ2) is 6.34. The van der Waals surface area contributed by atoms with Gasteiger partial charge in [-0.2, -0.15) is 0 Å². The van der Waals surface area contributed by atoms with E-state index in [1.807, 2.05) is 12.1 Å². The van der Waals surface area contributed by atoms with Crippen LogP contribution in [0, 0.1) is 0 Å². The molecular weight excluding hydrogens is 254 g/mol. The van der Waals surface area contributed by atoms with E-state index in [9.17, 15) is 0 Å². The summed E-state index contributed by atoms with van der Waals surface area (Å²) in [4.78, 5) is 8.19. The van der Waals surface area contributed by atoms with E-state index in [4.69, 9.17) is 9.47 Å². The molecule has 0 spiro atoms. The van der Waals surface area contributed by atoms with Crippen molar-refractivity contribution in [1.82, 2.24) is 15.3 Å². The maximum absolute atomic E-state index is 5.66. The van der Waals surface area contributed by atoms with Gasteiger partial charge < -0.3 is 14.8 Å². The van der Waals surface area contributed by atoms with Gasteiger partial charge in [-0.3, -0.25) is 4.98 Å². The molecule has 3 rings (SSSR count). The summed E-state index contributed by atoms with van der Waals surface area (Å²) < 4.78 is 11.3. The summed E-state index contributed by atoms with van der Waals surface area (Å²) in [5, 5.41) is 3.39. The predicted molar refractivity (Wildman–Crippen MR) is 75.1 cm³/mol. The van der Waals surface area contributed by atoms with Crippen LogP contribution in [0.5, 0.6) is 17.4 Å². The van der Waals surface area contributed by atoms with Crippen molar-refractivity contribution in [3.05, 3.63) is 42.9 Å². The average molecular weight is 271 g/mol. The molecule has 20 heavy (non-hydrogen) atoms. The molecule has 0 aliphatic carbocycles. The van der Waals surface area contributed by atoms with E-state index >= 15 is 0 Å². The van der Waals surface area contributed by atoms with Gasteiger partial charge in [-0.15, -0.1) is 0 Å². The van der Waals surface area contributed by atoms with Crippen LogP contribution in [0.3, 0.4) is 0 Å². The van der Waals surface area contributed by atoms with Gasteiger partial charge in [0.15, 0.2) is 0 Å². The molecule has 5 heteroatoms. The molecular formula is C15H17N3O2. The van der Waals surface area contributed by atoms with Crippen molar-refractivity contribution in [1.29, 1.82) is 0 Å². The van der Waals surface area contributed by atoms with E-state index in [0.717, 1.165) is 12.3 Å². The van der Waals surface area contributed by atoms with E-state index in [0.29, 0.717) is 24.3 Å². The fourth-order valence-electron chi connectivity index (χ4n) is 2.14. The summed E-state index contributed by atoms with van der Waals surface area (Å²) in [6.07, 6.45) is 7.44. The zero-order chi connectivity index (χ0) is 13.6. The summed E-state index contributed by atoms with van der Waals surface area (Å²) in [7, 11) is 0. The SMILES string of the molecule is c1cc(Oc2ccc(OC[C@H]3CCCN3)nc2)ccn1. The summed E-state index contributed by atoms with van der Waals surface area (Å²) >= 11 is 0. The third-order valence-electron chi connectivity index (χ3n) is 3.19. The van der Waals surface area contributed by atoms with Gasteiger partial charge in [-0.05, 0) is 37.6 Å². The highest BCUT2D eigenvalue weighted by molar-refractivity contribution is 5.29. The number of nitrogens with one attached hydrogen (secondary N) is 1. The normalized spacial score (nSPS) is 17.9. The Labute approximate surface area is 118 Å². The van der Waals surface area contributed by atoms with Gasteiger partial charge in [0.25, 0.3) is 0 Å². The van der Waals surface area contributed by atoms with Gasteiger partial charge in [0.2, 0.25) is 5.88 Å². The molecule has 2 aromatic rings. The van der Waals surface area contributed by atoms with Crippen LogP contribution in [0.1, 0.15) is 12.8 Å². The van der Waals surface area contributed by atoms with E-state index < -0.39 is 0 Å². The monoisotopic (exact) mass is 271 g/mol. The van der Waals surface area contributed by atoms with Gasteiger partial charge in [-0.1, -0.05) is 0 Å². The van der Waals surface area contributed by atoms with E-state index in [-0.39, 0.29) is 0 Å². The largest absolute Gasteiger partial charge is 0.476 e. The molecule has 1 fully saturated rings. The quantitative estimate of drug-likeness (QED) is 0.905. The maximum Gasteiger partial charge on any atom is 0.213 e. The van der Waals surface area contributed by atoms with Crippen molar-refractivity contribution < 1.29 is 9.47 Å². The minimum Gasteiger partial charge on any atom is -0.476 e. The average Bonchev–Trinajstić information content (AvgIpc) is 3.01. The van der Waals surface area contributed by atoms with Crippen LogP contribution in [-0.4, -0.2) is 29.2 Å². The molecule has 0 saturated carbocycles. The number of rotatable bonds is 5. The predicted octanol–water partition coefficient (Wildman–Crippen LogP) is 2.40. The van der Waals surface area contributed by atoms with E-state index in [1.54, 1.807) is 30.7 Å². The van der Waals surface area contributed by atoms with Crippen molar-refractivity contribution >= 4 is 0 Å². The Morgan fingerprint density at radius 3 is 2.75 bits per heavy atom. The first-order valence-corrected chi connectivity index (χ1v) is 6.80. The maximum atomic E-state index is 5.66. The smallest absolute Gasteiger partial charge is 0.213 e. The lowest BCUT2D eigenvalue weighted by Crippen LogP contribution is -2.28. The molecule has 104 valence electrons. The van der Waals surface area contributed by atoms with Gasteiger partial charge in [0.1, 0.15) is 18.1 Å². The Bertz CT molecular complexity index is 525. The highest BCUT2D eigenvalue weighted by Crippen LogP contribution is 2.21. The van der Waals surface area contributed by atoms with E-state index in [1.165, 1.54) is 12.8 Å². The summed E-state index contributed by atoms with van der Waals surface area (Å²) in [5.41, 5.74) is 0. The highest BCUT2D eigenvalue weighted by Gasteiger charge is 2.14. The molecule has 0 amide bonds. The number of hydrogen-bond acceptors (Lipinski definition) is 5. The minimum atomic E-state index is 0.449. The fourth-order valence-corrected chi connectivity index (χ4v) is 2.14. The van der Waals surface area contributed by atoms with Crippen molar-refractivity contribution in [2.75, 3.05) is 13.2 Å². The number of pyridine rings is 2. The van der Waals surface area contributed by atoms with Gasteiger partial charge >= 0.3 is 0 Å². The molecule has 1 N–H and O–H groups in total. The Kier molecular flexibility index (Phi) is 4.08. The first-order chi connectivity index (χ1) is 9.90. The Balaban J connectivity index is 1.54. The standard InChI is InChI=1S/C15H17N3O2/c1-2-12(17-7-1)11-19-15-4-3-14(10-18-15)20-13-5-8-16-9-6-13/h3-6,8-10,12,17H,1-2,7,11H2/t12-/m1/s1. The molecule has 0 aromatic carbocycles. The first kappa shape index (κ1) is 12.9. The van der Waals surface area contributed by atoms with Crippen LogP contribution < -0.4 is 14.8 Å². The van der Waals surface area contributed by atoms with Crippen LogP contribution >= 0.6 is 0 Å². The first-order valence-electron chi connectivity index (χ1n) is 6.80. The number of aromatic nitrogens is 2. The lowest BCUT2D eigenvalue weighted by atomic mass is 10.2. The molecule has 0 unspecified atom stereocenters. The van der Waals surface area contributed by atoms with E-state index in [2.05, 4.69) is 15.3 Å². The summed E-state index contributed by atoms with van der Waals surface area (Å²) in [5.74, 6) is 2.05. The molecule has 2 aromatic heterocycles. The topological polar surface area (TPSA) is 56.3 Å². The minimum absolute atomic E-state index is 0.449. The highest BCUT2D eigenvalue weighted by atomic mass is 16.5.